The quantitative estimate of drug-likeness (QED) is 0.259. The number of nitrogens with zero attached hydrogens (tertiary/aromatic N) is 1. The average molecular weight is 608 g/mol. The van der Waals surface area contributed by atoms with Crippen LogP contribution in [0.3, 0.4) is 0 Å². The van der Waals surface area contributed by atoms with Gasteiger partial charge in [-0.15, -0.1) is 0 Å². The Labute approximate surface area is 206 Å². The van der Waals surface area contributed by atoms with Gasteiger partial charge in [-0.2, -0.15) is 0 Å². The zero-order valence-electron chi connectivity index (χ0n) is 17.4. The summed E-state index contributed by atoms with van der Waals surface area (Å²) in [5.74, 6) is -6.90. The maximum atomic E-state index is 15.0. The van der Waals surface area contributed by atoms with Gasteiger partial charge >= 0.3 is 0 Å². The molecule has 0 aliphatic carbocycles. The number of sulfonamides is 1. The van der Waals surface area contributed by atoms with Crippen LogP contribution in [0.2, 0.25) is 0 Å². The lowest BCUT2D eigenvalue weighted by molar-refractivity contribution is 0.100. The Balaban J connectivity index is 2.04. The average Bonchev–Trinajstić information content (AvgIpc) is 2.77. The van der Waals surface area contributed by atoms with Crippen molar-refractivity contribution in [3.63, 3.8) is 0 Å². The lowest BCUT2D eigenvalue weighted by Crippen LogP contribution is -2.18. The molecule has 2 aromatic carbocycles. The number of pyridine rings is 1. The molecule has 3 aromatic rings. The molecule has 13 heteroatoms. The highest BCUT2D eigenvalue weighted by molar-refractivity contribution is 14.1. The van der Waals surface area contributed by atoms with Crippen LogP contribution in [0.4, 0.5) is 34.8 Å². The predicted octanol–water partition coefficient (Wildman–Crippen LogP) is 4.44. The molecule has 0 saturated heterocycles. The summed E-state index contributed by atoms with van der Waals surface area (Å²) in [7, 11) is -3.85. The molecule has 4 N–H and O–H groups in total. The number of carbonyl (C=O) groups is 1. The van der Waals surface area contributed by atoms with Crippen molar-refractivity contribution in [2.24, 2.45) is 5.73 Å². The minimum atomic E-state index is -3.85. The predicted molar refractivity (Wildman–Crippen MR) is 127 cm³/mol. The lowest BCUT2D eigenvalue weighted by atomic mass is 10.00. The zero-order chi connectivity index (χ0) is 25.2. The van der Waals surface area contributed by atoms with Crippen LogP contribution in [0.15, 0.2) is 36.5 Å². The fourth-order valence-electron chi connectivity index (χ4n) is 2.97. The second-order valence-corrected chi connectivity index (χ2v) is 10.3. The van der Waals surface area contributed by atoms with E-state index in [9.17, 15) is 30.8 Å². The van der Waals surface area contributed by atoms with E-state index in [1.165, 1.54) is 19.1 Å². The summed E-state index contributed by atoms with van der Waals surface area (Å²) in [4.78, 5) is 15.6. The lowest BCUT2D eigenvalue weighted by Gasteiger charge is -2.16. The molecular formula is C21H17F4IN4O3S. The van der Waals surface area contributed by atoms with E-state index in [1.54, 1.807) is 0 Å². The van der Waals surface area contributed by atoms with Crippen LogP contribution in [0.5, 0.6) is 0 Å². The Morgan fingerprint density at radius 3 is 2.38 bits per heavy atom. The van der Waals surface area contributed by atoms with Gasteiger partial charge in [0.05, 0.1) is 22.7 Å². The number of hydrogen-bond donors (Lipinski definition) is 3. The van der Waals surface area contributed by atoms with E-state index in [4.69, 9.17) is 5.73 Å². The topological polar surface area (TPSA) is 114 Å². The second-order valence-electron chi connectivity index (χ2n) is 7.01. The van der Waals surface area contributed by atoms with Gasteiger partial charge in [-0.3, -0.25) is 9.52 Å². The van der Waals surface area contributed by atoms with Crippen LogP contribution in [-0.4, -0.2) is 25.1 Å². The van der Waals surface area contributed by atoms with E-state index in [-0.39, 0.29) is 17.0 Å². The van der Waals surface area contributed by atoms with E-state index < -0.39 is 68.3 Å². The molecule has 0 radical (unpaired) electrons. The monoisotopic (exact) mass is 608 g/mol. The Bertz CT molecular complexity index is 1390. The van der Waals surface area contributed by atoms with E-state index in [1.807, 2.05) is 27.3 Å². The fraction of sp³-hybridized carbons (Fsp3) is 0.143. The van der Waals surface area contributed by atoms with Crippen LogP contribution in [0, 0.1) is 26.8 Å². The number of halogens is 5. The zero-order valence-corrected chi connectivity index (χ0v) is 20.4. The molecule has 3 rings (SSSR count). The SMILES string of the molecule is CCS(=O)(=O)Nc1nccc(Cc2cc(C(N)=O)c(Nc3ccc(I)cc3F)c(F)c2F)c1F. The van der Waals surface area contributed by atoms with Crippen LogP contribution in [0.1, 0.15) is 28.4 Å². The van der Waals surface area contributed by atoms with Crippen LogP contribution < -0.4 is 15.8 Å². The number of carbonyl (C=O) groups excluding carboxylic acids is 1. The molecule has 0 fully saturated rings. The van der Waals surface area contributed by atoms with Gasteiger partial charge in [0.2, 0.25) is 10.0 Å². The number of rotatable bonds is 8. The normalized spacial score (nSPS) is 11.4. The van der Waals surface area contributed by atoms with E-state index in [2.05, 4.69) is 10.3 Å². The number of amides is 1. The van der Waals surface area contributed by atoms with Crippen molar-refractivity contribution < 1.29 is 30.8 Å². The number of nitrogens with one attached hydrogen (secondary N) is 2. The minimum Gasteiger partial charge on any atom is -0.366 e. The number of primary amides is 1. The summed E-state index contributed by atoms with van der Waals surface area (Å²) in [5.41, 5.74) is 3.28. The third-order valence-electron chi connectivity index (χ3n) is 4.72. The van der Waals surface area contributed by atoms with Crippen molar-refractivity contribution >= 4 is 55.7 Å². The second kappa shape index (κ2) is 10.1. The first kappa shape index (κ1) is 25.7. The van der Waals surface area contributed by atoms with Crippen molar-refractivity contribution in [1.29, 1.82) is 0 Å². The standard InChI is InChI=1S/C21H17F4IN4O3S/c1-2-34(32,33)30-21-17(24)10(5-6-28-21)7-11-8-13(20(27)31)19(18(25)16(11)23)29-15-4-3-12(26)9-14(15)22/h3-6,8-9,29H,2,7H2,1H3,(H2,27,31)(H,28,30). The molecule has 0 spiro atoms. The molecule has 180 valence electrons. The van der Waals surface area contributed by atoms with Gasteiger partial charge in [0, 0.05) is 16.2 Å². The first-order valence-electron chi connectivity index (χ1n) is 9.60. The van der Waals surface area contributed by atoms with Crippen molar-refractivity contribution in [2.45, 2.75) is 13.3 Å². The van der Waals surface area contributed by atoms with Gasteiger partial charge in [0.25, 0.3) is 5.91 Å². The Morgan fingerprint density at radius 1 is 1.06 bits per heavy atom. The molecule has 1 aromatic heterocycles. The molecule has 0 saturated carbocycles. The number of anilines is 3. The van der Waals surface area contributed by atoms with Gasteiger partial charge in [-0.25, -0.2) is 31.0 Å². The molecule has 0 bridgehead atoms. The molecule has 34 heavy (non-hydrogen) atoms. The first-order valence-corrected chi connectivity index (χ1v) is 12.3. The van der Waals surface area contributed by atoms with Crippen molar-refractivity contribution in [2.75, 3.05) is 15.8 Å². The molecule has 1 heterocycles. The third kappa shape index (κ3) is 5.58. The number of aromatic nitrogens is 1. The fourth-order valence-corrected chi connectivity index (χ4v) is 4.00. The van der Waals surface area contributed by atoms with E-state index in [0.717, 1.165) is 24.4 Å². The summed E-state index contributed by atoms with van der Waals surface area (Å²) < 4.78 is 84.8. The molecule has 7 nitrogen and oxygen atoms in total. The Kier molecular flexibility index (Phi) is 7.65. The molecule has 0 atom stereocenters. The largest absolute Gasteiger partial charge is 0.366 e. The summed E-state index contributed by atoms with van der Waals surface area (Å²) in [5, 5.41) is 2.35. The van der Waals surface area contributed by atoms with Crippen LogP contribution >= 0.6 is 22.6 Å². The Morgan fingerprint density at radius 2 is 1.76 bits per heavy atom. The minimum absolute atomic E-state index is 0.220. The van der Waals surface area contributed by atoms with Crippen molar-refractivity contribution in [3.05, 3.63) is 80.1 Å². The van der Waals surface area contributed by atoms with Crippen LogP contribution in [0.25, 0.3) is 0 Å². The van der Waals surface area contributed by atoms with Crippen molar-refractivity contribution in [3.8, 4) is 0 Å². The number of benzene rings is 2. The molecule has 0 aliphatic rings. The van der Waals surface area contributed by atoms with Gasteiger partial charge < -0.3 is 11.1 Å². The van der Waals surface area contributed by atoms with Gasteiger partial charge in [0.1, 0.15) is 5.82 Å². The van der Waals surface area contributed by atoms with E-state index in [0.29, 0.717) is 3.57 Å². The van der Waals surface area contributed by atoms with E-state index >= 15 is 0 Å². The maximum absolute atomic E-state index is 15.0. The summed E-state index contributed by atoms with van der Waals surface area (Å²) in [6.45, 7) is 1.34. The summed E-state index contributed by atoms with van der Waals surface area (Å²) >= 11 is 1.86. The highest BCUT2D eigenvalue weighted by Gasteiger charge is 2.24. The van der Waals surface area contributed by atoms with Gasteiger partial charge in [-0.1, -0.05) is 0 Å². The van der Waals surface area contributed by atoms with Gasteiger partial charge in [0.15, 0.2) is 23.3 Å². The highest BCUT2D eigenvalue weighted by Crippen LogP contribution is 2.32. The number of hydrogen-bond acceptors (Lipinski definition) is 5. The maximum Gasteiger partial charge on any atom is 0.250 e. The molecule has 1 amide bonds. The van der Waals surface area contributed by atoms with Crippen LogP contribution in [-0.2, 0) is 16.4 Å². The summed E-state index contributed by atoms with van der Waals surface area (Å²) in [6, 6.07) is 6.00. The number of nitrogens with two attached hydrogens (primary N) is 1. The first-order chi connectivity index (χ1) is 15.9. The molecule has 0 aliphatic heterocycles. The van der Waals surface area contributed by atoms with Crippen molar-refractivity contribution in [1.82, 2.24) is 4.98 Å². The molecule has 0 unspecified atom stereocenters. The van der Waals surface area contributed by atoms with Gasteiger partial charge in [-0.05, 0) is 71.0 Å². The highest BCUT2D eigenvalue weighted by atomic mass is 127. The molecular weight excluding hydrogens is 591 g/mol. The smallest absolute Gasteiger partial charge is 0.250 e. The third-order valence-corrected chi connectivity index (χ3v) is 6.66. The summed E-state index contributed by atoms with van der Waals surface area (Å²) in [6.07, 6.45) is 0.529. The Hall–Kier alpha value is -2.94.